The third kappa shape index (κ3) is 4.62. The molecule has 5 aromatic carbocycles. The number of hydrogen-bond acceptors (Lipinski definition) is 3. The summed E-state index contributed by atoms with van der Waals surface area (Å²) in [7, 11) is 0. The molecule has 4 saturated carbocycles. The van der Waals surface area contributed by atoms with Crippen LogP contribution in [-0.2, 0) is 5.41 Å². The van der Waals surface area contributed by atoms with Gasteiger partial charge in [-0.3, -0.25) is 0 Å². The Morgan fingerprint density at radius 2 is 1.22 bits per heavy atom. The lowest BCUT2D eigenvalue weighted by Gasteiger charge is -2.57. The van der Waals surface area contributed by atoms with Gasteiger partial charge in [-0.25, -0.2) is 19.8 Å². The minimum Gasteiger partial charge on any atom is -0.308 e. The summed E-state index contributed by atoms with van der Waals surface area (Å²) in [5, 5.41) is 2.43. The van der Waals surface area contributed by atoms with E-state index in [4.69, 9.17) is 21.5 Å². The predicted molar refractivity (Wildman–Crippen MR) is 197 cm³/mol. The van der Waals surface area contributed by atoms with E-state index < -0.39 is 0 Å². The van der Waals surface area contributed by atoms with Gasteiger partial charge in [0.25, 0.3) is 0 Å². The topological polar surface area (TPSA) is 48.0 Å². The van der Waals surface area contributed by atoms with E-state index in [2.05, 4.69) is 76.1 Å². The van der Waals surface area contributed by atoms with Gasteiger partial charge in [-0.1, -0.05) is 91.0 Å². The molecule has 0 aliphatic heterocycles. The predicted octanol–water partition coefficient (Wildman–Crippen LogP) is 11.0. The zero-order chi connectivity index (χ0) is 32.5. The van der Waals surface area contributed by atoms with Crippen molar-refractivity contribution in [1.29, 1.82) is 0 Å². The van der Waals surface area contributed by atoms with Crippen molar-refractivity contribution in [3.63, 3.8) is 0 Å². The maximum Gasteiger partial charge on any atom is 0.187 e. The van der Waals surface area contributed by atoms with Gasteiger partial charge in [0, 0.05) is 33.2 Å². The normalized spacial score (nSPS) is 22.5. The zero-order valence-electron chi connectivity index (χ0n) is 27.3. The summed E-state index contributed by atoms with van der Waals surface area (Å²) in [6.07, 6.45) is 8.34. The summed E-state index contributed by atoms with van der Waals surface area (Å²) < 4.78 is 2.44. The number of aromatic nitrogens is 4. The molecular weight excluding hydrogens is 599 g/mol. The van der Waals surface area contributed by atoms with Gasteiger partial charge in [-0.15, -0.1) is 0 Å². The molecule has 0 unspecified atom stereocenters. The number of benzene rings is 5. The summed E-state index contributed by atoms with van der Waals surface area (Å²) in [5.41, 5.74) is 8.51. The largest absolute Gasteiger partial charge is 0.308 e. The summed E-state index contributed by atoms with van der Waals surface area (Å²) in [5.74, 6) is 4.45. The van der Waals surface area contributed by atoms with E-state index in [1.54, 1.807) is 0 Å². The Morgan fingerprint density at radius 1 is 0.592 bits per heavy atom. The fourth-order valence-electron chi connectivity index (χ4n) is 9.94. The molecule has 49 heavy (non-hydrogen) atoms. The number of hydrogen-bond donors (Lipinski definition) is 0. The van der Waals surface area contributed by atoms with E-state index in [9.17, 15) is 0 Å². The van der Waals surface area contributed by atoms with Crippen molar-refractivity contribution in [3.8, 4) is 39.9 Å². The molecule has 5 heteroatoms. The maximum absolute atomic E-state index is 7.60. The minimum absolute atomic E-state index is 0.303. The van der Waals surface area contributed by atoms with Crippen molar-refractivity contribution in [1.82, 2.24) is 19.5 Å². The first-order chi connectivity index (χ1) is 24.1. The monoisotopic (exact) mass is 633 g/mol. The van der Waals surface area contributed by atoms with Gasteiger partial charge in [0.1, 0.15) is 0 Å². The average molecular weight is 634 g/mol. The van der Waals surface area contributed by atoms with Gasteiger partial charge >= 0.3 is 0 Å². The van der Waals surface area contributed by atoms with Gasteiger partial charge in [-0.05, 0) is 97.6 Å². The standard InChI is InChI=1S/C44H35N5/c1-45-34-13-8-12-32(23-34)42-46-41(31-10-4-2-5-11-31)47-43(48-42)38-17-9-16-37-36-19-18-33(44-25-28-20-29(26-44)22-30(21-28)27-44)24-39(36)49(40(37)38)35-14-6-3-7-15-35/h2-19,23-24,28-30H,20-22,25-27H2. The molecule has 0 saturated heterocycles. The lowest BCUT2D eigenvalue weighted by Crippen LogP contribution is -2.48. The van der Waals surface area contributed by atoms with Crippen molar-refractivity contribution in [3.05, 3.63) is 138 Å². The lowest BCUT2D eigenvalue weighted by atomic mass is 9.48. The van der Waals surface area contributed by atoms with E-state index in [1.165, 1.54) is 60.4 Å². The molecule has 7 aromatic rings. The molecule has 4 fully saturated rings. The first-order valence-electron chi connectivity index (χ1n) is 17.6. The highest BCUT2D eigenvalue weighted by Gasteiger charge is 2.51. The Hall–Kier alpha value is -5.60. The minimum atomic E-state index is 0.303. The molecule has 0 N–H and O–H groups in total. The third-order valence-electron chi connectivity index (χ3n) is 11.6. The second kappa shape index (κ2) is 11.0. The fraction of sp³-hybridized carbons (Fsp3) is 0.227. The summed E-state index contributed by atoms with van der Waals surface area (Å²) in [6.45, 7) is 7.60. The maximum atomic E-state index is 7.60. The lowest BCUT2D eigenvalue weighted by molar-refractivity contribution is -0.00513. The molecule has 4 aliphatic carbocycles. The zero-order valence-corrected chi connectivity index (χ0v) is 27.3. The van der Waals surface area contributed by atoms with Gasteiger partial charge in [0.2, 0.25) is 0 Å². The van der Waals surface area contributed by atoms with Crippen molar-refractivity contribution >= 4 is 27.5 Å². The van der Waals surface area contributed by atoms with Crippen LogP contribution in [0.3, 0.4) is 0 Å². The van der Waals surface area contributed by atoms with Crippen LogP contribution < -0.4 is 0 Å². The van der Waals surface area contributed by atoms with Gasteiger partial charge < -0.3 is 4.57 Å². The SMILES string of the molecule is [C-]#[N+]c1cccc(-c2nc(-c3ccccc3)nc(-c3cccc4c5ccc(C67CC8CC(CC(C8)C6)C7)cc5n(-c5ccccc5)c34)n2)c1. The van der Waals surface area contributed by atoms with Crippen molar-refractivity contribution < 1.29 is 0 Å². The first-order valence-corrected chi connectivity index (χ1v) is 17.6. The summed E-state index contributed by atoms with van der Waals surface area (Å²) >= 11 is 0. The van der Waals surface area contributed by atoms with Crippen LogP contribution in [0.4, 0.5) is 5.69 Å². The molecule has 0 radical (unpaired) electrons. The van der Waals surface area contributed by atoms with E-state index >= 15 is 0 Å². The van der Waals surface area contributed by atoms with E-state index in [1.807, 2.05) is 54.6 Å². The summed E-state index contributed by atoms with van der Waals surface area (Å²) in [4.78, 5) is 18.9. The molecular formula is C44H35N5. The molecule has 2 aromatic heterocycles. The van der Waals surface area contributed by atoms with E-state index in [-0.39, 0.29) is 0 Å². The van der Waals surface area contributed by atoms with Crippen molar-refractivity contribution in [2.45, 2.75) is 43.9 Å². The smallest absolute Gasteiger partial charge is 0.187 e. The number of para-hydroxylation sites is 2. The molecule has 4 aliphatic rings. The van der Waals surface area contributed by atoms with Crippen LogP contribution in [-0.4, -0.2) is 19.5 Å². The third-order valence-corrected chi connectivity index (χ3v) is 11.6. The molecule has 5 nitrogen and oxygen atoms in total. The molecule has 0 atom stereocenters. The van der Waals surface area contributed by atoms with Crippen LogP contribution in [0.1, 0.15) is 44.1 Å². The Labute approximate surface area is 286 Å². The van der Waals surface area contributed by atoms with Crippen LogP contribution in [0.5, 0.6) is 0 Å². The highest BCUT2D eigenvalue weighted by atomic mass is 15.0. The van der Waals surface area contributed by atoms with E-state index in [0.717, 1.165) is 45.6 Å². The highest BCUT2D eigenvalue weighted by molar-refractivity contribution is 6.13. The molecule has 2 heterocycles. The summed E-state index contributed by atoms with van der Waals surface area (Å²) in [6, 6.07) is 42.2. The quantitative estimate of drug-likeness (QED) is 0.177. The second-order valence-corrected chi connectivity index (χ2v) is 14.6. The van der Waals surface area contributed by atoms with Gasteiger partial charge in [-0.2, -0.15) is 0 Å². The van der Waals surface area contributed by atoms with Crippen LogP contribution in [0.2, 0.25) is 0 Å². The Morgan fingerprint density at radius 3 is 1.94 bits per heavy atom. The van der Waals surface area contributed by atoms with Gasteiger partial charge in [0.05, 0.1) is 17.6 Å². The number of rotatable bonds is 5. The molecule has 11 rings (SSSR count). The van der Waals surface area contributed by atoms with Gasteiger partial charge in [0.15, 0.2) is 23.2 Å². The molecule has 236 valence electrons. The molecule has 4 bridgehead atoms. The van der Waals surface area contributed by atoms with E-state index in [0.29, 0.717) is 28.6 Å². The molecule has 0 spiro atoms. The Kier molecular flexibility index (Phi) is 6.36. The fourth-order valence-corrected chi connectivity index (χ4v) is 9.94. The average Bonchev–Trinajstić information content (AvgIpc) is 3.49. The van der Waals surface area contributed by atoms with Crippen LogP contribution in [0, 0.1) is 24.3 Å². The first kappa shape index (κ1) is 28.4. The van der Waals surface area contributed by atoms with Crippen molar-refractivity contribution in [2.24, 2.45) is 17.8 Å². The Bertz CT molecular complexity index is 2400. The van der Waals surface area contributed by atoms with Crippen LogP contribution in [0.15, 0.2) is 121 Å². The number of fused-ring (bicyclic) bond motifs is 3. The number of nitrogens with zero attached hydrogens (tertiary/aromatic N) is 5. The highest BCUT2D eigenvalue weighted by Crippen LogP contribution is 2.61. The second-order valence-electron chi connectivity index (χ2n) is 14.6. The Balaban J connectivity index is 1.23. The van der Waals surface area contributed by atoms with Crippen molar-refractivity contribution in [2.75, 3.05) is 0 Å². The van der Waals surface area contributed by atoms with Crippen LogP contribution >= 0.6 is 0 Å². The van der Waals surface area contributed by atoms with Crippen LogP contribution in [0.25, 0.3) is 66.5 Å². The molecule has 0 amide bonds.